The fourth-order valence-corrected chi connectivity index (χ4v) is 4.26. The number of nitro groups is 1. The summed E-state index contributed by atoms with van der Waals surface area (Å²) in [6.07, 6.45) is 0. The van der Waals surface area contributed by atoms with E-state index < -0.39 is 14.9 Å². The lowest BCUT2D eigenvalue weighted by molar-refractivity contribution is -0.384. The number of benzene rings is 2. The number of sulfonamides is 1. The molecular weight excluding hydrogens is 338 g/mol. The average Bonchev–Trinajstić information content (AvgIpc) is 2.93. The highest BCUT2D eigenvalue weighted by Crippen LogP contribution is 2.29. The van der Waals surface area contributed by atoms with Gasteiger partial charge in [-0.2, -0.15) is 8.42 Å². The first kappa shape index (κ1) is 15.4. The van der Waals surface area contributed by atoms with Crippen LogP contribution in [-0.2, 0) is 10.0 Å². The Kier molecular flexibility index (Phi) is 3.74. The Hall–Kier alpha value is -2.52. The molecular formula is C14H11N3O4S2. The minimum atomic E-state index is -3.83. The molecule has 0 saturated heterocycles. The second kappa shape index (κ2) is 5.60. The molecule has 2 aromatic carbocycles. The Labute approximate surface area is 135 Å². The number of hydrogen-bond donors (Lipinski definition) is 1. The van der Waals surface area contributed by atoms with Gasteiger partial charge < -0.3 is 0 Å². The van der Waals surface area contributed by atoms with E-state index in [-0.39, 0.29) is 10.0 Å². The first-order valence-electron chi connectivity index (χ1n) is 6.50. The van der Waals surface area contributed by atoms with Crippen LogP contribution in [-0.4, -0.2) is 18.3 Å². The van der Waals surface area contributed by atoms with Crippen LogP contribution in [0.5, 0.6) is 0 Å². The van der Waals surface area contributed by atoms with Crippen molar-refractivity contribution in [3.63, 3.8) is 0 Å². The molecule has 1 heterocycles. The fraction of sp³-hybridized carbons (Fsp3) is 0.0714. The van der Waals surface area contributed by atoms with E-state index in [4.69, 9.17) is 0 Å². The van der Waals surface area contributed by atoms with Crippen LogP contribution in [0.2, 0.25) is 0 Å². The zero-order valence-corrected chi connectivity index (χ0v) is 13.5. The Morgan fingerprint density at radius 2 is 1.87 bits per heavy atom. The summed E-state index contributed by atoms with van der Waals surface area (Å²) in [4.78, 5) is 14.3. The molecule has 1 aromatic heterocycles. The predicted molar refractivity (Wildman–Crippen MR) is 88.3 cm³/mol. The van der Waals surface area contributed by atoms with Gasteiger partial charge in [0.25, 0.3) is 15.7 Å². The number of non-ortho nitro benzene ring substituents is 1. The van der Waals surface area contributed by atoms with Crippen molar-refractivity contribution in [2.45, 2.75) is 11.3 Å². The molecule has 0 spiro atoms. The third kappa shape index (κ3) is 3.15. The molecule has 118 valence electrons. The standard InChI is InChI=1S/C14H11N3O4S2/c1-9-2-4-10(5-3-9)16-23(20,21)14-15-12-7-6-11(17(18)19)8-13(12)22-14/h2-8,16H,1H3. The lowest BCUT2D eigenvalue weighted by Gasteiger charge is -2.05. The number of aromatic nitrogens is 1. The minimum absolute atomic E-state index is 0.100. The number of aryl methyl sites for hydroxylation is 1. The molecule has 0 fully saturated rings. The highest BCUT2D eigenvalue weighted by Gasteiger charge is 2.20. The normalized spacial score (nSPS) is 11.5. The number of hydrogen-bond acceptors (Lipinski definition) is 6. The van der Waals surface area contributed by atoms with E-state index in [1.54, 1.807) is 24.3 Å². The quantitative estimate of drug-likeness (QED) is 0.575. The van der Waals surface area contributed by atoms with Crippen molar-refractivity contribution in [3.05, 3.63) is 58.1 Å². The number of anilines is 1. The molecule has 3 rings (SSSR count). The van der Waals surface area contributed by atoms with Crippen molar-refractivity contribution in [1.82, 2.24) is 4.98 Å². The maximum absolute atomic E-state index is 12.4. The molecule has 7 nitrogen and oxygen atoms in total. The number of rotatable bonds is 4. The lowest BCUT2D eigenvalue weighted by Crippen LogP contribution is -2.12. The Morgan fingerprint density at radius 3 is 2.52 bits per heavy atom. The van der Waals surface area contributed by atoms with Crippen LogP contribution in [0.25, 0.3) is 10.2 Å². The number of nitrogens with zero attached hydrogens (tertiary/aromatic N) is 2. The number of fused-ring (bicyclic) bond motifs is 1. The van der Waals surface area contributed by atoms with Gasteiger partial charge in [-0.15, -0.1) is 11.3 Å². The summed E-state index contributed by atoms with van der Waals surface area (Å²) in [5, 5.41) is 10.8. The largest absolute Gasteiger partial charge is 0.289 e. The third-order valence-corrected chi connectivity index (χ3v) is 5.87. The molecule has 0 atom stereocenters. The molecule has 0 aliphatic carbocycles. The second-order valence-corrected chi connectivity index (χ2v) is 7.75. The lowest BCUT2D eigenvalue weighted by atomic mass is 10.2. The van der Waals surface area contributed by atoms with Crippen molar-refractivity contribution < 1.29 is 13.3 Å². The van der Waals surface area contributed by atoms with Gasteiger partial charge in [-0.1, -0.05) is 17.7 Å². The van der Waals surface area contributed by atoms with Gasteiger partial charge in [-0.3, -0.25) is 14.8 Å². The number of nitro benzene ring substituents is 1. The van der Waals surface area contributed by atoms with E-state index in [2.05, 4.69) is 9.71 Å². The Bertz CT molecular complexity index is 995. The van der Waals surface area contributed by atoms with Crippen LogP contribution in [0.15, 0.2) is 46.8 Å². The highest BCUT2D eigenvalue weighted by atomic mass is 32.2. The van der Waals surface area contributed by atoms with Gasteiger partial charge in [0.15, 0.2) is 0 Å². The van der Waals surface area contributed by atoms with Crippen molar-refractivity contribution in [2.24, 2.45) is 0 Å². The molecule has 23 heavy (non-hydrogen) atoms. The van der Waals surface area contributed by atoms with E-state index in [1.807, 2.05) is 6.92 Å². The number of nitrogens with one attached hydrogen (secondary N) is 1. The van der Waals surface area contributed by atoms with E-state index in [9.17, 15) is 18.5 Å². The summed E-state index contributed by atoms with van der Waals surface area (Å²) in [6.45, 7) is 1.90. The number of thiazole rings is 1. The van der Waals surface area contributed by atoms with Gasteiger partial charge in [0, 0.05) is 17.8 Å². The smallest absolute Gasteiger partial charge is 0.278 e. The van der Waals surface area contributed by atoms with E-state index >= 15 is 0 Å². The van der Waals surface area contributed by atoms with Gasteiger partial charge in [0.05, 0.1) is 15.1 Å². The molecule has 0 radical (unpaired) electrons. The van der Waals surface area contributed by atoms with E-state index in [1.165, 1.54) is 18.2 Å². The van der Waals surface area contributed by atoms with Crippen molar-refractivity contribution in [1.29, 1.82) is 0 Å². The summed E-state index contributed by atoms with van der Waals surface area (Å²) in [6, 6.07) is 11.0. The molecule has 0 unspecified atom stereocenters. The van der Waals surface area contributed by atoms with Crippen molar-refractivity contribution >= 4 is 43.0 Å². The maximum atomic E-state index is 12.4. The summed E-state index contributed by atoms with van der Waals surface area (Å²) < 4.78 is 27.5. The zero-order chi connectivity index (χ0) is 16.6. The molecule has 0 bridgehead atoms. The van der Waals surface area contributed by atoms with Gasteiger partial charge in [0.1, 0.15) is 0 Å². The Balaban J connectivity index is 1.97. The average molecular weight is 349 g/mol. The topological polar surface area (TPSA) is 102 Å². The molecule has 9 heteroatoms. The molecule has 0 aliphatic rings. The van der Waals surface area contributed by atoms with Crippen LogP contribution in [0.4, 0.5) is 11.4 Å². The first-order chi connectivity index (χ1) is 10.8. The molecule has 0 saturated carbocycles. The van der Waals surface area contributed by atoms with E-state index in [0.717, 1.165) is 16.9 Å². The van der Waals surface area contributed by atoms with Crippen LogP contribution in [0.3, 0.4) is 0 Å². The van der Waals surface area contributed by atoms with Gasteiger partial charge >= 0.3 is 0 Å². The van der Waals surface area contributed by atoms with Gasteiger partial charge in [0.2, 0.25) is 4.34 Å². The summed E-state index contributed by atoms with van der Waals surface area (Å²) >= 11 is 0.892. The second-order valence-electron chi connectivity index (χ2n) is 4.86. The molecule has 0 aliphatic heterocycles. The van der Waals surface area contributed by atoms with Crippen molar-refractivity contribution in [2.75, 3.05) is 4.72 Å². The minimum Gasteiger partial charge on any atom is -0.278 e. The molecule has 3 aromatic rings. The Morgan fingerprint density at radius 1 is 1.17 bits per heavy atom. The molecule has 0 amide bonds. The third-order valence-electron chi connectivity index (χ3n) is 3.10. The van der Waals surface area contributed by atoms with Crippen molar-refractivity contribution in [3.8, 4) is 0 Å². The molecule has 1 N–H and O–H groups in total. The fourth-order valence-electron chi connectivity index (χ4n) is 1.94. The van der Waals surface area contributed by atoms with Gasteiger partial charge in [-0.25, -0.2) is 4.98 Å². The van der Waals surface area contributed by atoms with Crippen LogP contribution < -0.4 is 4.72 Å². The maximum Gasteiger partial charge on any atom is 0.289 e. The first-order valence-corrected chi connectivity index (χ1v) is 8.79. The predicted octanol–water partition coefficient (Wildman–Crippen LogP) is 3.31. The summed E-state index contributed by atoms with van der Waals surface area (Å²) in [5.74, 6) is 0. The summed E-state index contributed by atoms with van der Waals surface area (Å²) in [5.41, 5.74) is 1.75. The van der Waals surface area contributed by atoms with Gasteiger partial charge in [-0.05, 0) is 25.1 Å². The van der Waals surface area contributed by atoms with Crippen LogP contribution in [0.1, 0.15) is 5.56 Å². The van der Waals surface area contributed by atoms with E-state index in [0.29, 0.717) is 15.9 Å². The van der Waals surface area contributed by atoms with Crippen LogP contribution in [0, 0.1) is 17.0 Å². The summed E-state index contributed by atoms with van der Waals surface area (Å²) in [7, 11) is -3.83. The highest BCUT2D eigenvalue weighted by molar-refractivity contribution is 7.94. The zero-order valence-electron chi connectivity index (χ0n) is 11.9. The van der Waals surface area contributed by atoms with Crippen LogP contribution >= 0.6 is 11.3 Å². The SMILES string of the molecule is Cc1ccc(NS(=O)(=O)c2nc3ccc([N+](=O)[O-])cc3s2)cc1. The monoisotopic (exact) mass is 349 g/mol.